The smallest absolute Gasteiger partial charge is 0.256 e. The number of nitrogens with one attached hydrogen (secondary N) is 1. The lowest BCUT2D eigenvalue weighted by molar-refractivity contribution is -0.121. The Morgan fingerprint density at radius 2 is 1.70 bits per heavy atom. The van der Waals surface area contributed by atoms with Crippen LogP contribution in [0.1, 0.15) is 23.1 Å². The van der Waals surface area contributed by atoms with Gasteiger partial charge in [0.1, 0.15) is 6.04 Å². The average Bonchev–Trinajstić information content (AvgIpc) is 2.79. The van der Waals surface area contributed by atoms with Crippen LogP contribution in [-0.4, -0.2) is 17.9 Å². The summed E-state index contributed by atoms with van der Waals surface area (Å²) in [6, 6.07) is 12.9. The van der Waals surface area contributed by atoms with Crippen molar-refractivity contribution in [1.29, 1.82) is 0 Å². The van der Waals surface area contributed by atoms with Crippen molar-refractivity contribution in [3.05, 3.63) is 59.2 Å². The first-order chi connectivity index (χ1) is 11.0. The van der Waals surface area contributed by atoms with Crippen molar-refractivity contribution < 1.29 is 9.59 Å². The van der Waals surface area contributed by atoms with Crippen molar-refractivity contribution in [2.24, 2.45) is 0 Å². The van der Waals surface area contributed by atoms with E-state index < -0.39 is 6.04 Å². The van der Waals surface area contributed by atoms with Gasteiger partial charge in [-0.1, -0.05) is 24.3 Å². The fourth-order valence-electron chi connectivity index (χ4n) is 2.80. The molecule has 2 amide bonds. The van der Waals surface area contributed by atoms with Crippen LogP contribution in [0.3, 0.4) is 0 Å². The molecule has 2 aromatic carbocycles. The second kappa shape index (κ2) is 5.88. The van der Waals surface area contributed by atoms with E-state index >= 15 is 0 Å². The molecule has 1 aliphatic heterocycles. The molecule has 118 valence electrons. The van der Waals surface area contributed by atoms with Crippen molar-refractivity contribution in [2.45, 2.75) is 33.2 Å². The molecule has 1 atom stereocenters. The highest BCUT2D eigenvalue weighted by molar-refractivity contribution is 6.23. The Balaban J connectivity index is 1.85. The molecule has 2 aromatic rings. The van der Waals surface area contributed by atoms with Crippen LogP contribution in [0.4, 0.5) is 11.4 Å². The molecule has 1 saturated heterocycles. The summed E-state index contributed by atoms with van der Waals surface area (Å²) in [6.07, 6.45) is 0.181. The fraction of sp³-hybridized carbons (Fsp3) is 0.263. The fourth-order valence-corrected chi connectivity index (χ4v) is 2.80. The minimum absolute atomic E-state index is 0.163. The normalized spacial score (nSPS) is 17.7. The number of imide groups is 1. The standard InChI is InChI=1S/C19H20N2O2/c1-12-8-9-15(10-14(12)3)21-18(22)11-17(19(21)23)20-16-7-5-4-6-13(16)2/h4-10,17,20H,11H2,1-3H3/t17-/m0/s1. The number of hydrogen-bond donors (Lipinski definition) is 1. The van der Waals surface area contributed by atoms with E-state index in [1.165, 1.54) is 4.90 Å². The maximum absolute atomic E-state index is 12.7. The molecule has 4 heteroatoms. The SMILES string of the molecule is Cc1ccc(N2C(=O)C[C@H](Nc3ccccc3C)C2=O)cc1C. The minimum atomic E-state index is -0.509. The number of hydrogen-bond acceptors (Lipinski definition) is 3. The molecule has 0 bridgehead atoms. The number of carbonyl (C=O) groups excluding carboxylic acids is 2. The van der Waals surface area contributed by atoms with Gasteiger partial charge < -0.3 is 5.32 Å². The van der Waals surface area contributed by atoms with Gasteiger partial charge in [-0.25, -0.2) is 4.90 Å². The van der Waals surface area contributed by atoms with Gasteiger partial charge in [0.15, 0.2) is 0 Å². The quantitative estimate of drug-likeness (QED) is 0.885. The van der Waals surface area contributed by atoms with Crippen LogP contribution < -0.4 is 10.2 Å². The summed E-state index contributed by atoms with van der Waals surface area (Å²) in [5.74, 6) is -0.356. The Labute approximate surface area is 136 Å². The zero-order valence-corrected chi connectivity index (χ0v) is 13.6. The van der Waals surface area contributed by atoms with E-state index in [4.69, 9.17) is 0 Å². The van der Waals surface area contributed by atoms with Gasteiger partial charge in [0, 0.05) is 5.69 Å². The van der Waals surface area contributed by atoms with Gasteiger partial charge in [0.2, 0.25) is 5.91 Å². The number of rotatable bonds is 3. The van der Waals surface area contributed by atoms with E-state index in [0.717, 1.165) is 22.4 Å². The van der Waals surface area contributed by atoms with Crippen LogP contribution in [0.5, 0.6) is 0 Å². The summed E-state index contributed by atoms with van der Waals surface area (Å²) in [7, 11) is 0. The number of carbonyl (C=O) groups is 2. The van der Waals surface area contributed by atoms with Gasteiger partial charge in [0.05, 0.1) is 12.1 Å². The molecule has 0 aromatic heterocycles. The van der Waals surface area contributed by atoms with Gasteiger partial charge >= 0.3 is 0 Å². The van der Waals surface area contributed by atoms with E-state index in [1.54, 1.807) is 0 Å². The molecule has 0 radical (unpaired) electrons. The molecular formula is C19H20N2O2. The van der Waals surface area contributed by atoms with Gasteiger partial charge in [-0.05, 0) is 55.7 Å². The topological polar surface area (TPSA) is 49.4 Å². The predicted molar refractivity (Wildman–Crippen MR) is 91.6 cm³/mol. The van der Waals surface area contributed by atoms with Gasteiger partial charge in [-0.2, -0.15) is 0 Å². The Kier molecular flexibility index (Phi) is 3.90. The Morgan fingerprint density at radius 1 is 0.957 bits per heavy atom. The third-order valence-electron chi connectivity index (χ3n) is 4.37. The number of amides is 2. The average molecular weight is 308 g/mol. The highest BCUT2D eigenvalue weighted by Crippen LogP contribution is 2.27. The van der Waals surface area contributed by atoms with Crippen LogP contribution in [0, 0.1) is 20.8 Å². The number of nitrogens with zero attached hydrogens (tertiary/aromatic N) is 1. The maximum atomic E-state index is 12.7. The zero-order valence-electron chi connectivity index (χ0n) is 13.6. The lowest BCUT2D eigenvalue weighted by atomic mass is 10.1. The van der Waals surface area contributed by atoms with E-state index in [0.29, 0.717) is 5.69 Å². The van der Waals surface area contributed by atoms with E-state index in [9.17, 15) is 9.59 Å². The molecular weight excluding hydrogens is 288 g/mol. The summed E-state index contributed by atoms with van der Waals surface area (Å²) < 4.78 is 0. The van der Waals surface area contributed by atoms with Crippen LogP contribution >= 0.6 is 0 Å². The third-order valence-corrected chi connectivity index (χ3v) is 4.37. The van der Waals surface area contributed by atoms with E-state index in [-0.39, 0.29) is 18.2 Å². The van der Waals surface area contributed by atoms with Crippen LogP contribution in [0.15, 0.2) is 42.5 Å². The minimum Gasteiger partial charge on any atom is -0.373 e. The molecule has 3 rings (SSSR count). The second-order valence-electron chi connectivity index (χ2n) is 6.05. The number of anilines is 2. The van der Waals surface area contributed by atoms with Gasteiger partial charge in [-0.3, -0.25) is 9.59 Å². The van der Waals surface area contributed by atoms with Crippen molar-refractivity contribution in [3.63, 3.8) is 0 Å². The molecule has 4 nitrogen and oxygen atoms in total. The van der Waals surface area contributed by atoms with Crippen molar-refractivity contribution >= 4 is 23.2 Å². The van der Waals surface area contributed by atoms with Crippen LogP contribution in [0.2, 0.25) is 0 Å². The first-order valence-electron chi connectivity index (χ1n) is 7.73. The van der Waals surface area contributed by atoms with E-state index in [1.807, 2.05) is 63.2 Å². The molecule has 0 unspecified atom stereocenters. The molecule has 23 heavy (non-hydrogen) atoms. The highest BCUT2D eigenvalue weighted by atomic mass is 16.2. The zero-order chi connectivity index (χ0) is 16.6. The molecule has 1 aliphatic rings. The molecule has 1 N–H and O–H groups in total. The Bertz CT molecular complexity index is 783. The predicted octanol–water partition coefficient (Wildman–Crippen LogP) is 3.36. The van der Waals surface area contributed by atoms with Crippen LogP contribution in [-0.2, 0) is 9.59 Å². The third kappa shape index (κ3) is 2.84. The van der Waals surface area contributed by atoms with Crippen molar-refractivity contribution in [2.75, 3.05) is 10.2 Å². The number of benzene rings is 2. The highest BCUT2D eigenvalue weighted by Gasteiger charge is 2.39. The first kappa shape index (κ1) is 15.3. The molecule has 1 fully saturated rings. The summed E-state index contributed by atoms with van der Waals surface area (Å²) in [4.78, 5) is 26.3. The summed E-state index contributed by atoms with van der Waals surface area (Å²) in [5.41, 5.74) is 4.80. The monoisotopic (exact) mass is 308 g/mol. The molecule has 0 spiro atoms. The van der Waals surface area contributed by atoms with Gasteiger partial charge in [0.25, 0.3) is 5.91 Å². The maximum Gasteiger partial charge on any atom is 0.256 e. The molecule has 0 aliphatic carbocycles. The van der Waals surface area contributed by atoms with Crippen molar-refractivity contribution in [1.82, 2.24) is 0 Å². The van der Waals surface area contributed by atoms with E-state index in [2.05, 4.69) is 5.32 Å². The summed E-state index contributed by atoms with van der Waals surface area (Å²) >= 11 is 0. The second-order valence-corrected chi connectivity index (χ2v) is 6.05. The Hall–Kier alpha value is -2.62. The lowest BCUT2D eigenvalue weighted by Gasteiger charge is -2.18. The Morgan fingerprint density at radius 3 is 2.39 bits per heavy atom. The van der Waals surface area contributed by atoms with Gasteiger partial charge in [-0.15, -0.1) is 0 Å². The van der Waals surface area contributed by atoms with Crippen LogP contribution in [0.25, 0.3) is 0 Å². The summed E-state index contributed by atoms with van der Waals surface area (Å²) in [5, 5.41) is 3.20. The largest absolute Gasteiger partial charge is 0.373 e. The first-order valence-corrected chi connectivity index (χ1v) is 7.73. The van der Waals surface area contributed by atoms with Crippen molar-refractivity contribution in [3.8, 4) is 0 Å². The number of para-hydroxylation sites is 1. The molecule has 0 saturated carbocycles. The lowest BCUT2D eigenvalue weighted by Crippen LogP contribution is -2.35. The number of aryl methyl sites for hydroxylation is 3. The molecule has 1 heterocycles. The summed E-state index contributed by atoms with van der Waals surface area (Å²) in [6.45, 7) is 5.97.